The first-order valence-corrected chi connectivity index (χ1v) is 7.81. The van der Waals surface area contributed by atoms with Crippen molar-refractivity contribution >= 4 is 54.8 Å². The smallest absolute Gasteiger partial charge is 0.124 e. The maximum absolute atomic E-state index is 13.2. The normalized spacial score (nSPS) is 12.7. The number of halogens is 4. The zero-order chi connectivity index (χ0) is 13.3. The van der Waals surface area contributed by atoms with Gasteiger partial charge in [0.05, 0.1) is 6.10 Å². The lowest BCUT2D eigenvalue weighted by atomic mass is 10.1. The van der Waals surface area contributed by atoms with Gasteiger partial charge in [-0.3, -0.25) is 0 Å². The number of aliphatic hydroxyl groups excluding tert-OH is 1. The van der Waals surface area contributed by atoms with Crippen LogP contribution in [0.25, 0.3) is 0 Å². The molecule has 1 unspecified atom stereocenters. The van der Waals surface area contributed by atoms with Crippen molar-refractivity contribution in [2.24, 2.45) is 0 Å². The highest BCUT2D eigenvalue weighted by atomic mass is 79.9. The van der Waals surface area contributed by atoms with Crippen molar-refractivity contribution < 1.29 is 9.50 Å². The van der Waals surface area contributed by atoms with E-state index in [0.29, 0.717) is 15.2 Å². The first-order chi connectivity index (χ1) is 8.45. The summed E-state index contributed by atoms with van der Waals surface area (Å²) in [5, 5.41) is 10.1. The van der Waals surface area contributed by atoms with E-state index in [4.69, 9.17) is 11.6 Å². The van der Waals surface area contributed by atoms with Crippen LogP contribution in [0.4, 0.5) is 4.39 Å². The molecule has 0 aliphatic carbocycles. The van der Waals surface area contributed by atoms with Crippen molar-refractivity contribution in [3.8, 4) is 0 Å². The van der Waals surface area contributed by atoms with E-state index < -0.39 is 6.10 Å². The Kier molecular flexibility index (Phi) is 4.83. The lowest BCUT2D eigenvalue weighted by molar-refractivity contribution is 0.182. The number of thiophene rings is 1. The third kappa shape index (κ3) is 3.54. The average Bonchev–Trinajstić information content (AvgIpc) is 2.57. The van der Waals surface area contributed by atoms with Gasteiger partial charge in [0.1, 0.15) is 10.2 Å². The molecule has 0 fully saturated rings. The van der Waals surface area contributed by atoms with Gasteiger partial charge < -0.3 is 5.11 Å². The second-order valence-electron chi connectivity index (χ2n) is 3.77. The molecule has 0 aliphatic rings. The topological polar surface area (TPSA) is 20.2 Å². The summed E-state index contributed by atoms with van der Waals surface area (Å²) < 4.78 is 15.2. The highest BCUT2D eigenvalue weighted by Gasteiger charge is 2.14. The minimum atomic E-state index is -0.688. The summed E-state index contributed by atoms with van der Waals surface area (Å²) in [7, 11) is 0. The SMILES string of the molecule is OC(Cc1cc(F)cc(Br)c1)c1cc(Br)c(Cl)s1. The van der Waals surface area contributed by atoms with Crippen LogP contribution < -0.4 is 0 Å². The molecule has 0 spiro atoms. The van der Waals surface area contributed by atoms with Gasteiger partial charge in [-0.2, -0.15) is 0 Å². The van der Waals surface area contributed by atoms with Gasteiger partial charge in [-0.25, -0.2) is 4.39 Å². The fourth-order valence-corrected chi connectivity index (χ4v) is 3.82. The predicted octanol–water partition coefficient (Wildman–Crippen LogP) is 5.34. The largest absolute Gasteiger partial charge is 0.387 e. The van der Waals surface area contributed by atoms with E-state index in [2.05, 4.69) is 31.9 Å². The van der Waals surface area contributed by atoms with Crippen molar-refractivity contribution in [1.82, 2.24) is 0 Å². The quantitative estimate of drug-likeness (QED) is 0.719. The third-order valence-electron chi connectivity index (χ3n) is 2.34. The van der Waals surface area contributed by atoms with Crippen LogP contribution in [0.2, 0.25) is 4.34 Å². The van der Waals surface area contributed by atoms with E-state index in [0.717, 1.165) is 14.9 Å². The molecular weight excluding hydrogens is 406 g/mol. The molecular formula is C12H8Br2ClFOS. The van der Waals surface area contributed by atoms with Crippen LogP contribution in [-0.2, 0) is 6.42 Å². The van der Waals surface area contributed by atoms with Crippen LogP contribution in [0.15, 0.2) is 33.2 Å². The van der Waals surface area contributed by atoms with E-state index in [-0.39, 0.29) is 5.82 Å². The lowest BCUT2D eigenvalue weighted by Gasteiger charge is -2.09. The maximum atomic E-state index is 13.2. The van der Waals surface area contributed by atoms with E-state index in [1.807, 2.05) is 0 Å². The minimum Gasteiger partial charge on any atom is -0.387 e. The summed E-state index contributed by atoms with van der Waals surface area (Å²) in [4.78, 5) is 0.757. The molecule has 96 valence electrons. The van der Waals surface area contributed by atoms with Crippen molar-refractivity contribution in [2.75, 3.05) is 0 Å². The van der Waals surface area contributed by atoms with Gasteiger partial charge in [0.25, 0.3) is 0 Å². The fraction of sp³-hybridized carbons (Fsp3) is 0.167. The monoisotopic (exact) mass is 412 g/mol. The highest BCUT2D eigenvalue weighted by molar-refractivity contribution is 9.10. The number of hydrogen-bond acceptors (Lipinski definition) is 2. The third-order valence-corrected chi connectivity index (χ3v) is 5.38. The molecule has 1 atom stereocenters. The Labute approximate surface area is 130 Å². The molecule has 6 heteroatoms. The molecule has 0 saturated carbocycles. The molecule has 18 heavy (non-hydrogen) atoms. The first kappa shape index (κ1) is 14.5. The molecule has 1 heterocycles. The standard InChI is InChI=1S/C12H8Br2ClFOS/c13-7-1-6(2-8(16)4-7)3-10(17)11-5-9(14)12(15)18-11/h1-2,4-5,10,17H,3H2. The predicted molar refractivity (Wildman–Crippen MR) is 79.8 cm³/mol. The van der Waals surface area contributed by atoms with Crippen LogP contribution >= 0.6 is 54.8 Å². The Hall–Kier alpha value is 0.0600. The van der Waals surface area contributed by atoms with Crippen molar-refractivity contribution in [2.45, 2.75) is 12.5 Å². The Morgan fingerprint density at radius 3 is 2.56 bits per heavy atom. The summed E-state index contributed by atoms with van der Waals surface area (Å²) in [5.74, 6) is -0.322. The van der Waals surface area contributed by atoms with Crippen LogP contribution in [0, 0.1) is 5.82 Å². The Balaban J connectivity index is 2.18. The number of rotatable bonds is 3. The zero-order valence-electron chi connectivity index (χ0n) is 8.96. The fourth-order valence-electron chi connectivity index (χ4n) is 1.58. The summed E-state index contributed by atoms with van der Waals surface area (Å²) in [6, 6.07) is 6.37. The van der Waals surface area contributed by atoms with Crippen molar-refractivity contribution in [3.63, 3.8) is 0 Å². The van der Waals surface area contributed by atoms with E-state index in [9.17, 15) is 9.50 Å². The van der Waals surface area contributed by atoms with Gasteiger partial charge in [0, 0.05) is 20.2 Å². The summed E-state index contributed by atoms with van der Waals surface area (Å²) in [6.45, 7) is 0. The highest BCUT2D eigenvalue weighted by Crippen LogP contribution is 2.36. The Morgan fingerprint density at radius 2 is 2.00 bits per heavy atom. The van der Waals surface area contributed by atoms with E-state index >= 15 is 0 Å². The summed E-state index contributed by atoms with van der Waals surface area (Å²) in [6.07, 6.45) is -0.341. The number of benzene rings is 1. The van der Waals surface area contributed by atoms with Crippen LogP contribution in [0.3, 0.4) is 0 Å². The molecule has 1 nitrogen and oxygen atoms in total. The van der Waals surface area contributed by atoms with Crippen molar-refractivity contribution in [1.29, 1.82) is 0 Å². The van der Waals surface area contributed by atoms with Gasteiger partial charge in [-0.1, -0.05) is 27.5 Å². The number of aliphatic hydroxyl groups is 1. The van der Waals surface area contributed by atoms with Gasteiger partial charge in [-0.15, -0.1) is 11.3 Å². The van der Waals surface area contributed by atoms with Gasteiger partial charge >= 0.3 is 0 Å². The summed E-state index contributed by atoms with van der Waals surface area (Å²) >= 11 is 13.8. The molecule has 0 aliphatic heterocycles. The Bertz CT molecular complexity index is 533. The van der Waals surface area contributed by atoms with Gasteiger partial charge in [0.15, 0.2) is 0 Å². The Morgan fingerprint density at radius 1 is 1.28 bits per heavy atom. The van der Waals surface area contributed by atoms with Gasteiger partial charge in [-0.05, 0) is 45.8 Å². The second kappa shape index (κ2) is 6.01. The van der Waals surface area contributed by atoms with Crippen molar-refractivity contribution in [3.05, 3.63) is 53.8 Å². The minimum absolute atomic E-state index is 0.322. The van der Waals surface area contributed by atoms with Gasteiger partial charge in [0.2, 0.25) is 0 Å². The molecule has 0 bridgehead atoms. The first-order valence-electron chi connectivity index (χ1n) is 5.03. The van der Waals surface area contributed by atoms with Crippen LogP contribution in [0.5, 0.6) is 0 Å². The van der Waals surface area contributed by atoms with Crippen LogP contribution in [-0.4, -0.2) is 5.11 Å². The number of hydrogen-bond donors (Lipinski definition) is 1. The molecule has 0 radical (unpaired) electrons. The molecule has 0 saturated heterocycles. The molecule has 1 aromatic heterocycles. The molecule has 1 N–H and O–H groups in total. The zero-order valence-corrected chi connectivity index (χ0v) is 13.7. The molecule has 2 rings (SSSR count). The maximum Gasteiger partial charge on any atom is 0.124 e. The average molecular weight is 415 g/mol. The van der Waals surface area contributed by atoms with E-state index in [1.54, 1.807) is 12.1 Å². The van der Waals surface area contributed by atoms with E-state index in [1.165, 1.54) is 23.5 Å². The second-order valence-corrected chi connectivity index (χ2v) is 7.22. The van der Waals surface area contributed by atoms with Crippen LogP contribution in [0.1, 0.15) is 16.5 Å². The lowest BCUT2D eigenvalue weighted by Crippen LogP contribution is -2.00. The molecule has 1 aromatic carbocycles. The molecule has 0 amide bonds. The molecule has 2 aromatic rings. The summed E-state index contributed by atoms with van der Waals surface area (Å²) in [5.41, 5.74) is 0.731.